The fourth-order valence-corrected chi connectivity index (χ4v) is 2.88. The van der Waals surface area contributed by atoms with Crippen molar-refractivity contribution < 1.29 is 19.0 Å². The summed E-state index contributed by atoms with van der Waals surface area (Å²) in [6.07, 6.45) is 3.39. The van der Waals surface area contributed by atoms with Crippen molar-refractivity contribution in [1.82, 2.24) is 0 Å². The SMILES string of the molecule is COc1cc(C(=O)/C=C/c2cccc3ccccc23)cc(OC)c1OC. The average molecular weight is 348 g/mol. The van der Waals surface area contributed by atoms with Crippen LogP contribution in [0.25, 0.3) is 16.8 Å². The number of rotatable bonds is 6. The Morgan fingerprint density at radius 3 is 2.15 bits per heavy atom. The quantitative estimate of drug-likeness (QED) is 0.476. The van der Waals surface area contributed by atoms with Crippen LogP contribution in [0.5, 0.6) is 17.2 Å². The van der Waals surface area contributed by atoms with E-state index in [1.165, 1.54) is 21.3 Å². The number of hydrogen-bond donors (Lipinski definition) is 0. The summed E-state index contributed by atoms with van der Waals surface area (Å²) in [6, 6.07) is 17.4. The molecule has 132 valence electrons. The molecule has 0 aliphatic carbocycles. The number of benzene rings is 3. The Labute approximate surface area is 152 Å². The third-order valence-corrected chi connectivity index (χ3v) is 4.19. The van der Waals surface area contributed by atoms with Gasteiger partial charge in [0.2, 0.25) is 5.75 Å². The lowest BCUT2D eigenvalue weighted by molar-refractivity contribution is 0.104. The second-order valence-corrected chi connectivity index (χ2v) is 5.68. The molecule has 0 heterocycles. The minimum Gasteiger partial charge on any atom is -0.493 e. The number of carbonyl (C=O) groups excluding carboxylic acids is 1. The zero-order valence-corrected chi connectivity index (χ0v) is 15.0. The van der Waals surface area contributed by atoms with Crippen molar-refractivity contribution >= 4 is 22.6 Å². The van der Waals surface area contributed by atoms with Gasteiger partial charge < -0.3 is 14.2 Å². The van der Waals surface area contributed by atoms with E-state index in [2.05, 4.69) is 0 Å². The first-order chi connectivity index (χ1) is 12.7. The van der Waals surface area contributed by atoms with Crippen LogP contribution in [0.2, 0.25) is 0 Å². The highest BCUT2D eigenvalue weighted by molar-refractivity contribution is 6.08. The molecule has 0 saturated carbocycles. The van der Waals surface area contributed by atoms with Crippen molar-refractivity contribution in [2.75, 3.05) is 21.3 Å². The molecule has 26 heavy (non-hydrogen) atoms. The highest BCUT2D eigenvalue weighted by atomic mass is 16.5. The number of ketones is 1. The Morgan fingerprint density at radius 1 is 0.846 bits per heavy atom. The van der Waals surface area contributed by atoms with Crippen molar-refractivity contribution in [1.29, 1.82) is 0 Å². The molecule has 3 rings (SSSR count). The smallest absolute Gasteiger partial charge is 0.203 e. The normalized spacial score (nSPS) is 10.9. The van der Waals surface area contributed by atoms with Gasteiger partial charge in [-0.05, 0) is 34.5 Å². The van der Waals surface area contributed by atoms with Crippen LogP contribution in [-0.2, 0) is 0 Å². The van der Waals surface area contributed by atoms with E-state index in [1.807, 2.05) is 48.5 Å². The zero-order chi connectivity index (χ0) is 18.5. The monoisotopic (exact) mass is 348 g/mol. The molecule has 0 aliphatic heterocycles. The van der Waals surface area contributed by atoms with Crippen LogP contribution in [0.3, 0.4) is 0 Å². The third-order valence-electron chi connectivity index (χ3n) is 4.19. The van der Waals surface area contributed by atoms with E-state index in [0.717, 1.165) is 16.3 Å². The Kier molecular flexibility index (Phi) is 5.23. The summed E-state index contributed by atoms with van der Waals surface area (Å²) in [5.41, 5.74) is 1.46. The van der Waals surface area contributed by atoms with E-state index in [-0.39, 0.29) is 5.78 Å². The van der Waals surface area contributed by atoms with Gasteiger partial charge in [-0.1, -0.05) is 48.5 Å². The fourth-order valence-electron chi connectivity index (χ4n) is 2.88. The van der Waals surface area contributed by atoms with E-state index in [1.54, 1.807) is 18.2 Å². The molecule has 4 heteroatoms. The minimum absolute atomic E-state index is 0.141. The Bertz CT molecular complexity index is 943. The summed E-state index contributed by atoms with van der Waals surface area (Å²) in [6.45, 7) is 0. The third kappa shape index (κ3) is 3.40. The van der Waals surface area contributed by atoms with Crippen molar-refractivity contribution in [2.24, 2.45) is 0 Å². The lowest BCUT2D eigenvalue weighted by Crippen LogP contribution is -2.00. The van der Waals surface area contributed by atoms with Crippen molar-refractivity contribution in [3.05, 3.63) is 71.8 Å². The number of ether oxygens (including phenoxy) is 3. The molecule has 0 fully saturated rings. The van der Waals surface area contributed by atoms with Gasteiger partial charge in [0, 0.05) is 5.56 Å². The van der Waals surface area contributed by atoms with Gasteiger partial charge in [-0.15, -0.1) is 0 Å². The van der Waals surface area contributed by atoms with Gasteiger partial charge in [0.1, 0.15) is 0 Å². The topological polar surface area (TPSA) is 44.8 Å². The summed E-state index contributed by atoms with van der Waals surface area (Å²) in [4.78, 5) is 12.7. The van der Waals surface area contributed by atoms with Gasteiger partial charge in [-0.3, -0.25) is 4.79 Å². The number of hydrogen-bond acceptors (Lipinski definition) is 4. The summed E-state index contributed by atoms with van der Waals surface area (Å²) in [7, 11) is 4.58. The van der Waals surface area contributed by atoms with Gasteiger partial charge in [0.15, 0.2) is 17.3 Å². The maximum atomic E-state index is 12.7. The molecular formula is C22H20O4. The molecule has 0 N–H and O–H groups in total. The maximum absolute atomic E-state index is 12.7. The van der Waals surface area contributed by atoms with Gasteiger partial charge in [-0.2, -0.15) is 0 Å². The molecular weight excluding hydrogens is 328 g/mol. The van der Waals surface area contributed by atoms with Crippen molar-refractivity contribution in [3.63, 3.8) is 0 Å². The average Bonchev–Trinajstić information content (AvgIpc) is 2.70. The number of methoxy groups -OCH3 is 3. The van der Waals surface area contributed by atoms with Crippen LogP contribution in [0, 0.1) is 0 Å². The van der Waals surface area contributed by atoms with Crippen LogP contribution in [0.4, 0.5) is 0 Å². The molecule has 0 aliphatic rings. The van der Waals surface area contributed by atoms with E-state index in [0.29, 0.717) is 22.8 Å². The summed E-state index contributed by atoms with van der Waals surface area (Å²) < 4.78 is 15.9. The summed E-state index contributed by atoms with van der Waals surface area (Å²) >= 11 is 0. The largest absolute Gasteiger partial charge is 0.493 e. The fraction of sp³-hybridized carbons (Fsp3) is 0.136. The Morgan fingerprint density at radius 2 is 1.50 bits per heavy atom. The molecule has 0 radical (unpaired) electrons. The highest BCUT2D eigenvalue weighted by Crippen LogP contribution is 2.38. The van der Waals surface area contributed by atoms with Crippen molar-refractivity contribution in [2.45, 2.75) is 0 Å². The summed E-state index contributed by atoms with van der Waals surface area (Å²) in [5, 5.41) is 2.24. The van der Waals surface area contributed by atoms with E-state index in [4.69, 9.17) is 14.2 Å². The molecule has 0 aromatic heterocycles. The molecule has 4 nitrogen and oxygen atoms in total. The van der Waals surface area contributed by atoms with E-state index < -0.39 is 0 Å². The first kappa shape index (κ1) is 17.5. The van der Waals surface area contributed by atoms with Crippen LogP contribution in [-0.4, -0.2) is 27.1 Å². The van der Waals surface area contributed by atoms with Gasteiger partial charge in [0.05, 0.1) is 21.3 Å². The number of fused-ring (bicyclic) bond motifs is 1. The van der Waals surface area contributed by atoms with E-state index >= 15 is 0 Å². The van der Waals surface area contributed by atoms with Gasteiger partial charge in [-0.25, -0.2) is 0 Å². The second-order valence-electron chi connectivity index (χ2n) is 5.68. The predicted molar refractivity (Wildman–Crippen MR) is 103 cm³/mol. The lowest BCUT2D eigenvalue weighted by atomic mass is 10.0. The maximum Gasteiger partial charge on any atom is 0.203 e. The van der Waals surface area contributed by atoms with E-state index in [9.17, 15) is 4.79 Å². The van der Waals surface area contributed by atoms with Crippen LogP contribution >= 0.6 is 0 Å². The molecule has 0 bridgehead atoms. The summed E-state index contributed by atoms with van der Waals surface area (Å²) in [5.74, 6) is 1.23. The second kappa shape index (κ2) is 7.74. The number of allylic oxidation sites excluding steroid dienone is 1. The molecule has 0 saturated heterocycles. The minimum atomic E-state index is -0.141. The number of carbonyl (C=O) groups is 1. The van der Waals surface area contributed by atoms with Gasteiger partial charge >= 0.3 is 0 Å². The van der Waals surface area contributed by atoms with Crippen LogP contribution in [0.1, 0.15) is 15.9 Å². The first-order valence-corrected chi connectivity index (χ1v) is 8.18. The standard InChI is InChI=1S/C22H20O4/c1-24-20-13-17(14-21(25-2)22(20)26-3)19(23)12-11-16-9-6-8-15-7-4-5-10-18(15)16/h4-14H,1-3H3/b12-11+. The molecule has 3 aromatic rings. The molecule has 0 unspecified atom stereocenters. The Hall–Kier alpha value is -3.27. The molecule has 0 amide bonds. The van der Waals surface area contributed by atoms with Crippen LogP contribution in [0.15, 0.2) is 60.7 Å². The highest BCUT2D eigenvalue weighted by Gasteiger charge is 2.15. The van der Waals surface area contributed by atoms with Crippen LogP contribution < -0.4 is 14.2 Å². The van der Waals surface area contributed by atoms with Crippen molar-refractivity contribution in [3.8, 4) is 17.2 Å². The molecule has 0 atom stereocenters. The van der Waals surface area contributed by atoms with Gasteiger partial charge in [0.25, 0.3) is 0 Å². The molecule has 3 aromatic carbocycles. The Balaban J connectivity index is 1.96. The lowest BCUT2D eigenvalue weighted by Gasteiger charge is -2.13. The predicted octanol–water partition coefficient (Wildman–Crippen LogP) is 4.76. The first-order valence-electron chi connectivity index (χ1n) is 8.18. The zero-order valence-electron chi connectivity index (χ0n) is 15.0. The molecule has 0 spiro atoms.